The number of thioether (sulfide) groups is 1. The van der Waals surface area contributed by atoms with Gasteiger partial charge < -0.3 is 5.73 Å². The first-order valence-electron chi connectivity index (χ1n) is 9.87. The average molecular weight is 466 g/mol. The van der Waals surface area contributed by atoms with Crippen LogP contribution in [0.4, 0.5) is 9.52 Å². The molecule has 2 heterocycles. The Morgan fingerprint density at radius 1 is 1.34 bits per heavy atom. The van der Waals surface area contributed by atoms with Gasteiger partial charge in [-0.15, -0.1) is 16.6 Å². The van der Waals surface area contributed by atoms with E-state index in [1.54, 1.807) is 17.0 Å². The molecule has 0 spiro atoms. The van der Waals surface area contributed by atoms with Crippen molar-refractivity contribution in [2.75, 3.05) is 10.7 Å². The van der Waals surface area contributed by atoms with Gasteiger partial charge in [0.15, 0.2) is 10.1 Å². The van der Waals surface area contributed by atoms with Crippen molar-refractivity contribution in [2.24, 2.45) is 11.1 Å². The number of nitrogens with two attached hydrogens (primary N) is 1. The summed E-state index contributed by atoms with van der Waals surface area (Å²) in [6, 6.07) is 8.03. The Morgan fingerprint density at radius 3 is 2.72 bits per heavy atom. The number of halogens is 1. The third-order valence-electron chi connectivity index (χ3n) is 5.45. The maximum absolute atomic E-state index is 13.6. The molecule has 2 N–H and O–H groups in total. The number of Topliss-reactive ketones (excluding diaryl/α,β-unsaturated/α-hetero) is 1. The van der Waals surface area contributed by atoms with Gasteiger partial charge in [0, 0.05) is 17.7 Å². The second kappa shape index (κ2) is 8.42. The van der Waals surface area contributed by atoms with E-state index in [-0.39, 0.29) is 22.6 Å². The van der Waals surface area contributed by atoms with Gasteiger partial charge in [0.2, 0.25) is 5.13 Å². The summed E-state index contributed by atoms with van der Waals surface area (Å²) in [6.45, 7) is 4.04. The molecule has 9 heteroatoms. The molecule has 6 nitrogen and oxygen atoms in total. The second-order valence-corrected chi connectivity index (χ2v) is 10.6. The van der Waals surface area contributed by atoms with Gasteiger partial charge in [-0.05, 0) is 29.5 Å². The largest absolute Gasteiger partial charge is 0.384 e. The SMILES string of the molecule is C#CCSc1nnc(N2C(N)=C(C#N)C(c3ccc(F)cc3)C3=C2CC(C)(C)CC3=O)s1. The number of anilines is 1. The van der Waals surface area contributed by atoms with E-state index < -0.39 is 11.7 Å². The van der Waals surface area contributed by atoms with Gasteiger partial charge in [0.05, 0.1) is 23.3 Å². The van der Waals surface area contributed by atoms with Crippen molar-refractivity contribution in [1.29, 1.82) is 5.26 Å². The van der Waals surface area contributed by atoms with Crippen molar-refractivity contribution in [1.82, 2.24) is 10.2 Å². The number of nitrogens with zero attached hydrogens (tertiary/aromatic N) is 4. The van der Waals surface area contributed by atoms with E-state index in [1.165, 1.54) is 35.2 Å². The van der Waals surface area contributed by atoms with Crippen LogP contribution in [-0.2, 0) is 4.79 Å². The van der Waals surface area contributed by atoms with Crippen LogP contribution in [-0.4, -0.2) is 21.7 Å². The molecule has 0 fully saturated rings. The summed E-state index contributed by atoms with van der Waals surface area (Å²) in [5, 5.41) is 19.0. The van der Waals surface area contributed by atoms with Crippen LogP contribution in [0, 0.1) is 34.9 Å². The van der Waals surface area contributed by atoms with Crippen LogP contribution in [0.2, 0.25) is 0 Å². The van der Waals surface area contributed by atoms with Gasteiger partial charge in [0.25, 0.3) is 0 Å². The summed E-state index contributed by atoms with van der Waals surface area (Å²) in [6.07, 6.45) is 6.25. The van der Waals surface area contributed by atoms with Gasteiger partial charge in [-0.25, -0.2) is 4.39 Å². The molecule has 1 unspecified atom stereocenters. The van der Waals surface area contributed by atoms with Crippen molar-refractivity contribution in [3.8, 4) is 18.4 Å². The summed E-state index contributed by atoms with van der Waals surface area (Å²) in [7, 11) is 0. The lowest BCUT2D eigenvalue weighted by Gasteiger charge is -2.42. The van der Waals surface area contributed by atoms with Crippen LogP contribution in [0.25, 0.3) is 0 Å². The highest BCUT2D eigenvalue weighted by Gasteiger charge is 2.45. The molecule has 162 valence electrons. The first-order valence-corrected chi connectivity index (χ1v) is 11.7. The number of benzene rings is 1. The number of terminal acetylenes is 1. The van der Waals surface area contributed by atoms with E-state index in [4.69, 9.17) is 12.2 Å². The molecule has 1 aromatic heterocycles. The fourth-order valence-electron chi connectivity index (χ4n) is 4.17. The summed E-state index contributed by atoms with van der Waals surface area (Å²) in [5.74, 6) is 2.11. The third kappa shape index (κ3) is 3.90. The zero-order chi connectivity index (χ0) is 23.0. The Balaban J connectivity index is 1.91. The van der Waals surface area contributed by atoms with Crippen LogP contribution >= 0.6 is 23.1 Å². The van der Waals surface area contributed by atoms with Crippen LogP contribution < -0.4 is 10.6 Å². The molecule has 32 heavy (non-hydrogen) atoms. The summed E-state index contributed by atoms with van der Waals surface area (Å²) in [4.78, 5) is 15.1. The number of ketones is 1. The number of hydrogen-bond donors (Lipinski definition) is 1. The Hall–Kier alpha value is -3.14. The van der Waals surface area contributed by atoms with Gasteiger partial charge in [-0.2, -0.15) is 5.26 Å². The van der Waals surface area contributed by atoms with E-state index in [0.717, 1.165) is 0 Å². The fourth-order valence-corrected chi connectivity index (χ4v) is 5.73. The quantitative estimate of drug-likeness (QED) is 0.530. The minimum Gasteiger partial charge on any atom is -0.384 e. The standard InChI is InChI=1S/C23H20FN5OS2/c1-4-9-31-22-28-27-21(32-22)29-16-10-23(2,3)11-17(30)19(16)18(15(12-25)20(29)26)13-5-7-14(24)8-6-13/h1,5-8,18H,9-11,26H2,2-3H3. The number of allylic oxidation sites excluding steroid dienone is 3. The Morgan fingerprint density at radius 2 is 2.06 bits per heavy atom. The van der Waals surface area contributed by atoms with Gasteiger partial charge >= 0.3 is 0 Å². The topological polar surface area (TPSA) is 95.9 Å². The Bertz CT molecular complexity index is 1230. The third-order valence-corrected chi connectivity index (χ3v) is 7.40. The van der Waals surface area contributed by atoms with E-state index in [2.05, 4.69) is 22.2 Å². The maximum Gasteiger partial charge on any atom is 0.219 e. The van der Waals surface area contributed by atoms with Crippen LogP contribution in [0.15, 0.2) is 51.3 Å². The minimum absolute atomic E-state index is 0.0535. The number of carbonyl (C=O) groups excluding carboxylic acids is 1. The zero-order valence-corrected chi connectivity index (χ0v) is 19.2. The molecular weight excluding hydrogens is 445 g/mol. The van der Waals surface area contributed by atoms with Crippen LogP contribution in [0.1, 0.15) is 38.2 Å². The molecule has 0 bridgehead atoms. The summed E-state index contributed by atoms with van der Waals surface area (Å²) >= 11 is 2.69. The monoisotopic (exact) mass is 465 g/mol. The molecule has 1 aromatic carbocycles. The van der Waals surface area contributed by atoms with Crippen molar-refractivity contribution in [3.05, 3.63) is 58.3 Å². The molecule has 0 saturated heterocycles. The second-order valence-electron chi connectivity index (χ2n) is 8.38. The highest BCUT2D eigenvalue weighted by atomic mass is 32.2. The van der Waals surface area contributed by atoms with E-state index in [0.29, 0.717) is 44.9 Å². The van der Waals surface area contributed by atoms with Gasteiger partial charge in [0.1, 0.15) is 11.6 Å². The normalized spacial score (nSPS) is 20.1. The van der Waals surface area contributed by atoms with Crippen molar-refractivity contribution in [3.63, 3.8) is 0 Å². The maximum atomic E-state index is 13.6. The first kappa shape index (κ1) is 22.1. The number of carbonyl (C=O) groups is 1. The molecule has 2 aliphatic rings. The predicted octanol–water partition coefficient (Wildman–Crippen LogP) is 4.34. The number of hydrogen-bond acceptors (Lipinski definition) is 8. The molecule has 0 saturated carbocycles. The lowest BCUT2D eigenvalue weighted by Crippen LogP contribution is -2.42. The number of rotatable bonds is 4. The highest BCUT2D eigenvalue weighted by molar-refractivity contribution is 8.01. The minimum atomic E-state index is -0.654. The van der Waals surface area contributed by atoms with Crippen molar-refractivity contribution in [2.45, 2.75) is 36.9 Å². The molecule has 1 aliphatic heterocycles. The molecular formula is C23H20FN5OS2. The molecule has 1 atom stereocenters. The average Bonchev–Trinajstić information content (AvgIpc) is 3.19. The molecule has 4 rings (SSSR count). The molecule has 0 amide bonds. The van der Waals surface area contributed by atoms with Crippen LogP contribution in [0.3, 0.4) is 0 Å². The smallest absolute Gasteiger partial charge is 0.219 e. The van der Waals surface area contributed by atoms with Crippen LogP contribution in [0.5, 0.6) is 0 Å². The lowest BCUT2D eigenvalue weighted by molar-refractivity contribution is -0.118. The van der Waals surface area contributed by atoms with Gasteiger partial charge in [-0.3, -0.25) is 9.69 Å². The fraction of sp³-hybridized carbons (Fsp3) is 0.304. The zero-order valence-electron chi connectivity index (χ0n) is 17.6. The van der Waals surface area contributed by atoms with E-state index in [1.807, 2.05) is 13.8 Å². The molecule has 2 aromatic rings. The number of aromatic nitrogens is 2. The van der Waals surface area contributed by atoms with Gasteiger partial charge in [-0.1, -0.05) is 55.0 Å². The van der Waals surface area contributed by atoms with Crippen molar-refractivity contribution >= 4 is 34.0 Å². The lowest BCUT2D eigenvalue weighted by atomic mass is 9.69. The Kier molecular flexibility index (Phi) is 5.81. The first-order chi connectivity index (χ1) is 15.3. The van der Waals surface area contributed by atoms with Crippen molar-refractivity contribution < 1.29 is 9.18 Å². The highest BCUT2D eigenvalue weighted by Crippen LogP contribution is 2.50. The van der Waals surface area contributed by atoms with E-state index >= 15 is 0 Å². The Labute approximate surface area is 194 Å². The summed E-state index contributed by atoms with van der Waals surface area (Å²) in [5.41, 5.74) is 8.34. The van der Waals surface area contributed by atoms with E-state index in [9.17, 15) is 14.4 Å². The molecule has 1 aliphatic carbocycles. The molecule has 0 radical (unpaired) electrons. The number of nitriles is 1. The predicted molar refractivity (Wildman–Crippen MR) is 123 cm³/mol. The summed E-state index contributed by atoms with van der Waals surface area (Å²) < 4.78 is 14.3.